The van der Waals surface area contributed by atoms with Crippen molar-refractivity contribution in [1.29, 1.82) is 0 Å². The van der Waals surface area contributed by atoms with Gasteiger partial charge >= 0.3 is 35.0 Å². The zero-order chi connectivity index (χ0) is 55.9. The number of nitrogens with one attached hydrogen (secondary N) is 5. The highest BCUT2D eigenvalue weighted by molar-refractivity contribution is 6.89. The summed E-state index contributed by atoms with van der Waals surface area (Å²) in [5.74, 6) is 0.552. The van der Waals surface area contributed by atoms with E-state index in [0.717, 1.165) is 56.7 Å². The largest absolute Gasteiger partial charge is 0.462 e. The summed E-state index contributed by atoms with van der Waals surface area (Å²) < 4.78 is 37.5. The molecular weight excluding hydrogens is 1050 g/mol. The van der Waals surface area contributed by atoms with Gasteiger partial charge in [0.15, 0.2) is 16.6 Å². The molecule has 0 saturated heterocycles. The molecule has 2 aromatic heterocycles. The molecule has 0 aliphatic heterocycles. The minimum Gasteiger partial charge on any atom is -0.462 e. The summed E-state index contributed by atoms with van der Waals surface area (Å²) in [6, 6.07) is 22.3. The van der Waals surface area contributed by atoms with Crippen molar-refractivity contribution in [3.63, 3.8) is 0 Å². The first kappa shape index (κ1) is 61.7. The maximum atomic E-state index is 12.6. The Hall–Kier alpha value is -6.16. The lowest BCUT2D eigenvalue weighted by Gasteiger charge is -2.43. The van der Waals surface area contributed by atoms with E-state index in [1.54, 1.807) is 72.8 Å². The van der Waals surface area contributed by atoms with Crippen molar-refractivity contribution in [3.05, 3.63) is 95.8 Å². The van der Waals surface area contributed by atoms with Crippen molar-refractivity contribution in [2.75, 3.05) is 59.5 Å². The number of hydrogen-bond acceptors (Lipinski definition) is 20. The second kappa shape index (κ2) is 30.1. The van der Waals surface area contributed by atoms with Crippen LogP contribution in [0.5, 0.6) is 0 Å². The molecule has 2 heterocycles. The summed E-state index contributed by atoms with van der Waals surface area (Å²) >= 11 is 0. The van der Waals surface area contributed by atoms with Crippen LogP contribution in [-0.2, 0) is 26.6 Å². The highest BCUT2D eigenvalue weighted by Gasteiger charge is 2.46. The summed E-state index contributed by atoms with van der Waals surface area (Å²) in [5.41, 5.74) is 3.40. The van der Waals surface area contributed by atoms with Crippen LogP contribution < -0.4 is 26.6 Å². The van der Waals surface area contributed by atoms with Crippen molar-refractivity contribution < 1.29 is 40.9 Å². The summed E-state index contributed by atoms with van der Waals surface area (Å²) in [6.07, 6.45) is 8.13. The molecule has 0 aliphatic rings. The molecule has 0 radical (unpaired) electrons. The van der Waals surface area contributed by atoms with Crippen LogP contribution >= 0.6 is 0 Å². The van der Waals surface area contributed by atoms with Gasteiger partial charge in [0.05, 0.1) is 36.5 Å². The molecule has 0 spiro atoms. The highest BCUT2D eigenvalue weighted by atomic mass is 28.5. The van der Waals surface area contributed by atoms with E-state index in [4.69, 9.17) is 36.5 Å². The van der Waals surface area contributed by atoms with Crippen LogP contribution in [0.2, 0.25) is 64.5 Å². The lowest BCUT2D eigenvalue weighted by Crippen LogP contribution is -2.58. The van der Waals surface area contributed by atoms with Crippen LogP contribution in [0.4, 0.5) is 46.8 Å². The molecule has 2 atom stereocenters. The first-order chi connectivity index (χ1) is 36.7. The Bertz CT molecular complexity index is 2550. The topological polar surface area (TPSA) is 244 Å². The molecule has 77 heavy (non-hydrogen) atoms. The number of aromatic nitrogens is 6. The van der Waals surface area contributed by atoms with Crippen molar-refractivity contribution >= 4 is 98.5 Å². The Morgan fingerprint density at radius 1 is 0.416 bits per heavy atom. The van der Waals surface area contributed by atoms with E-state index in [9.17, 15) is 14.4 Å². The Labute approximate surface area is 459 Å². The third-order valence-corrected chi connectivity index (χ3v) is 25.5. The first-order valence-corrected chi connectivity index (χ1v) is 38.7. The summed E-state index contributed by atoms with van der Waals surface area (Å²) in [7, 11) is -9.87. The molecule has 5 N–H and O–H groups in total. The fourth-order valence-corrected chi connectivity index (χ4v) is 26.2. The van der Waals surface area contributed by atoms with Crippen LogP contribution in [0.25, 0.3) is 0 Å². The van der Waals surface area contributed by atoms with Crippen LogP contribution in [0.3, 0.4) is 0 Å². The van der Waals surface area contributed by atoms with Crippen molar-refractivity contribution in [1.82, 2.24) is 29.9 Å². The number of nitrogens with zero attached hydrogens (tertiary/aromatic N) is 6. The van der Waals surface area contributed by atoms with Gasteiger partial charge in [0.2, 0.25) is 29.7 Å². The van der Waals surface area contributed by atoms with E-state index in [-0.39, 0.29) is 29.8 Å². The molecule has 0 aliphatic carbocycles. The SMILES string of the molecule is CCCCOC(=O)c1ccc(Nc2ncnc(NCCC[Si](C)(O[Si](C)(C)C)O[Si](C)(CCCNc3nc(Nc4ccc(C(=O)OCCCC)cc4)nc(Nc4ccc(C(=O)OCCCC)cc4)n3)O[Si](C)(C)C)n2)cc1. The summed E-state index contributed by atoms with van der Waals surface area (Å²) in [6.45, 7) is 25.8. The van der Waals surface area contributed by atoms with E-state index in [2.05, 4.69) is 98.9 Å². The van der Waals surface area contributed by atoms with E-state index < -0.39 is 33.8 Å². The molecule has 418 valence electrons. The molecule has 5 rings (SSSR count). The molecule has 5 aromatic rings. The lowest BCUT2D eigenvalue weighted by molar-refractivity contribution is 0.0490. The predicted molar refractivity (Wildman–Crippen MR) is 313 cm³/mol. The van der Waals surface area contributed by atoms with Gasteiger partial charge in [-0.25, -0.2) is 24.4 Å². The summed E-state index contributed by atoms with van der Waals surface area (Å²) in [4.78, 5) is 64.9. The fourth-order valence-electron chi connectivity index (χ4n) is 7.86. The Balaban J connectivity index is 1.25. The van der Waals surface area contributed by atoms with Crippen molar-refractivity contribution in [3.8, 4) is 0 Å². The monoisotopic (exact) mass is 1130 g/mol. The van der Waals surface area contributed by atoms with Gasteiger partial charge in [-0.1, -0.05) is 40.0 Å². The second-order valence-electron chi connectivity index (χ2n) is 20.9. The predicted octanol–water partition coefficient (Wildman–Crippen LogP) is 12.3. The van der Waals surface area contributed by atoms with Gasteiger partial charge in [0.1, 0.15) is 6.33 Å². The molecule has 0 amide bonds. The molecule has 0 bridgehead atoms. The number of carbonyl (C=O) groups excluding carboxylic acids is 3. The standard InChI is InChI=1S/C53H81N11O9Si4/c1-12-15-34-68-46(65)40-20-26-43(27-21-40)58-51-57-39-56-49(61-51)54-32-18-37-76(10,71-74(4,5)6)73-77(11,72-75(7,8)9)38-19-33-55-50-62-52(59-44-28-22-41(23-29-44)47(66)69-35-16-13-2)64-53(63-50)60-45-30-24-42(25-31-45)48(67)70-36-17-14-3/h20-31,39H,12-19,32-38H2,1-11H3,(H2,54,56,57,58,61)(H3,55,59,60,62,63,64). The van der Waals surface area contributed by atoms with Crippen LogP contribution in [0.1, 0.15) is 103 Å². The third-order valence-electron chi connectivity index (χ3n) is 11.2. The number of carbonyl (C=O) groups is 3. The molecule has 3 aromatic carbocycles. The van der Waals surface area contributed by atoms with Crippen LogP contribution in [0, 0.1) is 0 Å². The van der Waals surface area contributed by atoms with Gasteiger partial charge in [0, 0.05) is 30.2 Å². The Morgan fingerprint density at radius 3 is 1.10 bits per heavy atom. The zero-order valence-electron chi connectivity index (χ0n) is 47.0. The number of ether oxygens (including phenoxy) is 3. The molecule has 24 heteroatoms. The summed E-state index contributed by atoms with van der Waals surface area (Å²) in [5, 5.41) is 16.5. The van der Waals surface area contributed by atoms with E-state index in [1.807, 2.05) is 20.8 Å². The highest BCUT2D eigenvalue weighted by Crippen LogP contribution is 2.31. The number of rotatable bonds is 34. The smallest absolute Gasteiger partial charge is 0.338 e. The average Bonchev–Trinajstić information content (AvgIpc) is 3.37. The van der Waals surface area contributed by atoms with E-state index in [1.165, 1.54) is 6.33 Å². The first-order valence-electron chi connectivity index (χ1n) is 26.8. The normalized spacial score (nSPS) is 13.1. The maximum Gasteiger partial charge on any atom is 0.338 e. The third kappa shape index (κ3) is 22.8. The molecule has 0 saturated carbocycles. The van der Waals surface area contributed by atoms with Gasteiger partial charge in [-0.15, -0.1) is 0 Å². The lowest BCUT2D eigenvalue weighted by atomic mass is 10.2. The zero-order valence-corrected chi connectivity index (χ0v) is 51.0. The van der Waals surface area contributed by atoms with Crippen LogP contribution in [0.15, 0.2) is 79.1 Å². The van der Waals surface area contributed by atoms with Gasteiger partial charge in [-0.05, 0) is 169 Å². The molecule has 2 unspecified atom stereocenters. The Kier molecular flexibility index (Phi) is 24.1. The number of esters is 3. The van der Waals surface area contributed by atoms with Gasteiger partial charge < -0.3 is 53.1 Å². The molecular formula is C53H81N11O9Si4. The fraction of sp³-hybridized carbons (Fsp3) is 0.491. The van der Waals surface area contributed by atoms with Crippen LogP contribution in [-0.4, -0.2) is 114 Å². The van der Waals surface area contributed by atoms with Crippen molar-refractivity contribution in [2.45, 2.75) is 137 Å². The Morgan fingerprint density at radius 2 is 0.740 bits per heavy atom. The number of benzene rings is 3. The van der Waals surface area contributed by atoms with E-state index in [0.29, 0.717) is 91.3 Å². The molecule has 20 nitrogen and oxygen atoms in total. The average molecular weight is 1130 g/mol. The second-order valence-corrected chi connectivity index (χ2v) is 37.3. The number of hydrogen-bond donors (Lipinski definition) is 5. The van der Waals surface area contributed by atoms with Gasteiger partial charge in [-0.2, -0.15) is 19.9 Å². The van der Waals surface area contributed by atoms with Gasteiger partial charge in [-0.3, -0.25) is 0 Å². The number of anilines is 8. The quantitative estimate of drug-likeness (QED) is 0.0111. The maximum absolute atomic E-state index is 12.6. The molecule has 0 fully saturated rings. The van der Waals surface area contributed by atoms with E-state index >= 15 is 0 Å². The van der Waals surface area contributed by atoms with Crippen molar-refractivity contribution in [2.24, 2.45) is 0 Å². The number of unbranched alkanes of at least 4 members (excludes halogenated alkanes) is 3. The van der Waals surface area contributed by atoms with Gasteiger partial charge in [0.25, 0.3) is 0 Å². The minimum atomic E-state index is -2.86. The minimum absolute atomic E-state index is 0.265.